The second-order valence-corrected chi connectivity index (χ2v) is 9.61. The lowest BCUT2D eigenvalue weighted by Crippen LogP contribution is -2.13. The van der Waals surface area contributed by atoms with E-state index in [2.05, 4.69) is 96.2 Å². The van der Waals surface area contributed by atoms with Gasteiger partial charge in [-0.25, -0.2) is 9.97 Å². The smallest absolute Gasteiger partial charge is 0.186 e. The fourth-order valence-electron chi connectivity index (χ4n) is 5.90. The van der Waals surface area contributed by atoms with Crippen LogP contribution in [0.2, 0.25) is 0 Å². The van der Waals surface area contributed by atoms with E-state index in [-0.39, 0.29) is 5.92 Å². The fraction of sp³-hybridized carbons (Fsp3) is 0.321. The van der Waals surface area contributed by atoms with Crippen molar-refractivity contribution in [2.75, 3.05) is 0 Å². The lowest BCUT2D eigenvalue weighted by Gasteiger charge is -2.23. The van der Waals surface area contributed by atoms with Gasteiger partial charge >= 0.3 is 0 Å². The van der Waals surface area contributed by atoms with Crippen molar-refractivity contribution in [2.45, 2.75) is 59.8 Å². The molecule has 7 heteroatoms. The van der Waals surface area contributed by atoms with E-state index in [1.54, 1.807) is 0 Å². The van der Waals surface area contributed by atoms with Crippen LogP contribution in [0.5, 0.6) is 0 Å². The minimum absolute atomic E-state index is 0.0540. The number of benzene rings is 2. The van der Waals surface area contributed by atoms with Gasteiger partial charge in [0.2, 0.25) is 0 Å². The minimum Gasteiger partial charge on any atom is -0.280 e. The second-order valence-electron chi connectivity index (χ2n) is 9.61. The number of aromatic nitrogens is 7. The minimum atomic E-state index is -0.0540. The highest BCUT2D eigenvalue weighted by molar-refractivity contribution is 5.79. The highest BCUT2D eigenvalue weighted by Crippen LogP contribution is 2.41. The summed E-state index contributed by atoms with van der Waals surface area (Å²) in [6, 6.07) is 13.1. The summed E-state index contributed by atoms with van der Waals surface area (Å²) < 4.78 is 2.29. The third-order valence-corrected chi connectivity index (χ3v) is 7.39. The van der Waals surface area contributed by atoms with E-state index in [4.69, 9.17) is 9.97 Å². The lowest BCUT2D eigenvalue weighted by molar-refractivity contribution is 0.843. The summed E-state index contributed by atoms with van der Waals surface area (Å²) in [6.07, 6.45) is 2.77. The summed E-state index contributed by atoms with van der Waals surface area (Å²) in [6.45, 7) is 10.8. The number of hydrogen-bond acceptors (Lipinski definition) is 5. The number of hydrogen-bond donors (Lipinski definition) is 1. The zero-order valence-electron chi connectivity index (χ0n) is 20.8. The van der Waals surface area contributed by atoms with E-state index in [9.17, 15) is 0 Å². The molecule has 0 radical (unpaired) electrons. The van der Waals surface area contributed by atoms with Crippen molar-refractivity contribution in [3.05, 3.63) is 92.7 Å². The number of aromatic amines is 1. The molecular formula is C28H29N7. The van der Waals surface area contributed by atoms with Gasteiger partial charge in [-0.2, -0.15) is 5.21 Å². The Morgan fingerprint density at radius 3 is 2.57 bits per heavy atom. The van der Waals surface area contributed by atoms with Crippen LogP contribution in [0.15, 0.2) is 36.4 Å². The molecule has 35 heavy (non-hydrogen) atoms. The summed E-state index contributed by atoms with van der Waals surface area (Å²) >= 11 is 0. The molecule has 0 spiro atoms. The molecule has 0 aliphatic heterocycles. The Bertz CT molecular complexity index is 1580. The van der Waals surface area contributed by atoms with Crippen LogP contribution in [-0.4, -0.2) is 35.2 Å². The van der Waals surface area contributed by atoms with Crippen LogP contribution in [0, 0.1) is 27.7 Å². The summed E-state index contributed by atoms with van der Waals surface area (Å²) in [5, 5.41) is 15.4. The van der Waals surface area contributed by atoms with Gasteiger partial charge in [0.1, 0.15) is 11.3 Å². The summed E-state index contributed by atoms with van der Waals surface area (Å²) in [5.74, 6) is 1.70. The Kier molecular flexibility index (Phi) is 5.02. The maximum Gasteiger partial charge on any atom is 0.186 e. The molecule has 1 aliphatic rings. The summed E-state index contributed by atoms with van der Waals surface area (Å²) in [7, 11) is 0. The average Bonchev–Trinajstić information content (AvgIpc) is 3.45. The lowest BCUT2D eigenvalue weighted by atomic mass is 9.84. The molecule has 1 N–H and O–H groups in total. The van der Waals surface area contributed by atoms with Crippen molar-refractivity contribution < 1.29 is 0 Å². The van der Waals surface area contributed by atoms with Gasteiger partial charge in [0.15, 0.2) is 11.5 Å². The molecule has 6 rings (SSSR count). The monoisotopic (exact) mass is 463 g/mol. The SMILES string of the molecule is CCc1nc2c(C)cc(C)nc2n1-c1c(C)cc2c(c1C)CCc1ccccc1C2c1nn[nH]n1. The molecule has 0 amide bonds. The van der Waals surface area contributed by atoms with E-state index in [1.807, 2.05) is 0 Å². The topological polar surface area (TPSA) is 85.2 Å². The fourth-order valence-corrected chi connectivity index (χ4v) is 5.90. The van der Waals surface area contributed by atoms with Crippen LogP contribution in [0.4, 0.5) is 0 Å². The van der Waals surface area contributed by atoms with E-state index >= 15 is 0 Å². The molecule has 3 aromatic heterocycles. The summed E-state index contributed by atoms with van der Waals surface area (Å²) in [5.41, 5.74) is 13.0. The second kappa shape index (κ2) is 8.12. The molecule has 2 aromatic carbocycles. The first-order valence-corrected chi connectivity index (χ1v) is 12.3. The number of pyridine rings is 1. The predicted molar refractivity (Wildman–Crippen MR) is 136 cm³/mol. The first kappa shape index (κ1) is 21.6. The van der Waals surface area contributed by atoms with Crippen LogP contribution < -0.4 is 0 Å². The number of aryl methyl sites for hydroxylation is 5. The molecular weight excluding hydrogens is 434 g/mol. The molecule has 1 atom stereocenters. The Hall–Kier alpha value is -3.87. The zero-order valence-corrected chi connectivity index (χ0v) is 20.8. The number of rotatable bonds is 3. The standard InChI is InChI=1S/C28H29N7/c1-6-23-30-25-15(2)13-17(4)29-28(25)35(23)26-16(3)14-22-20(18(26)5)12-11-19-9-7-8-10-21(19)24(22)27-31-33-34-32-27/h7-10,13-14,24H,6,11-12H2,1-5H3,(H,31,32,33,34). The van der Waals surface area contributed by atoms with Crippen molar-refractivity contribution >= 4 is 11.2 Å². The Morgan fingerprint density at radius 2 is 1.80 bits per heavy atom. The highest BCUT2D eigenvalue weighted by atomic mass is 15.5. The first-order valence-electron chi connectivity index (χ1n) is 12.3. The van der Waals surface area contributed by atoms with Crippen LogP contribution in [0.3, 0.4) is 0 Å². The largest absolute Gasteiger partial charge is 0.280 e. The molecule has 0 saturated heterocycles. The van der Waals surface area contributed by atoms with E-state index < -0.39 is 0 Å². The van der Waals surface area contributed by atoms with Gasteiger partial charge in [-0.05, 0) is 85.5 Å². The molecule has 7 nitrogen and oxygen atoms in total. The number of H-pyrrole nitrogens is 1. The Labute approximate surface area is 204 Å². The third kappa shape index (κ3) is 3.29. The number of fused-ring (bicyclic) bond motifs is 3. The van der Waals surface area contributed by atoms with Gasteiger partial charge in [-0.1, -0.05) is 42.5 Å². The van der Waals surface area contributed by atoms with Gasteiger partial charge < -0.3 is 0 Å². The van der Waals surface area contributed by atoms with Crippen LogP contribution in [-0.2, 0) is 19.3 Å². The first-order chi connectivity index (χ1) is 17.0. The van der Waals surface area contributed by atoms with Gasteiger partial charge in [0.05, 0.1) is 11.6 Å². The van der Waals surface area contributed by atoms with Crippen LogP contribution in [0.1, 0.15) is 69.1 Å². The van der Waals surface area contributed by atoms with Crippen LogP contribution in [0.25, 0.3) is 16.9 Å². The number of imidazole rings is 1. The highest BCUT2D eigenvalue weighted by Gasteiger charge is 2.31. The maximum absolute atomic E-state index is 5.02. The number of nitrogens with one attached hydrogen (secondary N) is 1. The van der Waals surface area contributed by atoms with Crippen molar-refractivity contribution in [1.82, 2.24) is 35.2 Å². The molecule has 0 saturated carbocycles. The van der Waals surface area contributed by atoms with Gasteiger partial charge in [-0.15, -0.1) is 10.2 Å². The normalized spacial score (nSPS) is 15.2. The molecule has 5 aromatic rings. The van der Waals surface area contributed by atoms with Gasteiger partial charge in [-0.3, -0.25) is 4.57 Å². The van der Waals surface area contributed by atoms with Crippen molar-refractivity contribution in [1.29, 1.82) is 0 Å². The molecule has 0 bridgehead atoms. The predicted octanol–water partition coefficient (Wildman–Crippen LogP) is 5.01. The average molecular weight is 464 g/mol. The molecule has 176 valence electrons. The summed E-state index contributed by atoms with van der Waals surface area (Å²) in [4.78, 5) is 9.97. The van der Waals surface area contributed by atoms with E-state index in [0.29, 0.717) is 5.82 Å². The van der Waals surface area contributed by atoms with Crippen molar-refractivity contribution in [3.63, 3.8) is 0 Å². The van der Waals surface area contributed by atoms with Gasteiger partial charge in [0.25, 0.3) is 0 Å². The van der Waals surface area contributed by atoms with Crippen molar-refractivity contribution in [3.8, 4) is 5.69 Å². The number of tetrazole rings is 1. The molecule has 1 unspecified atom stereocenters. The van der Waals surface area contributed by atoms with Crippen molar-refractivity contribution in [2.24, 2.45) is 0 Å². The maximum atomic E-state index is 5.02. The molecule has 3 heterocycles. The zero-order chi connectivity index (χ0) is 24.3. The molecule has 0 fully saturated rings. The Balaban J connectivity index is 1.65. The van der Waals surface area contributed by atoms with Crippen LogP contribution >= 0.6 is 0 Å². The van der Waals surface area contributed by atoms with E-state index in [1.165, 1.54) is 44.6 Å². The van der Waals surface area contributed by atoms with Gasteiger partial charge in [0, 0.05) is 12.1 Å². The Morgan fingerprint density at radius 1 is 0.971 bits per heavy atom. The van der Waals surface area contributed by atoms with E-state index in [0.717, 1.165) is 41.9 Å². The quantitative estimate of drug-likeness (QED) is 0.407. The molecule has 1 aliphatic carbocycles. The number of nitrogens with zero attached hydrogens (tertiary/aromatic N) is 6. The third-order valence-electron chi connectivity index (χ3n) is 7.39.